The van der Waals surface area contributed by atoms with Gasteiger partial charge in [-0.1, -0.05) is 19.8 Å². The lowest BCUT2D eigenvalue weighted by atomic mass is 10.3. The predicted octanol–water partition coefficient (Wildman–Crippen LogP) is 1.47. The van der Waals surface area contributed by atoms with Crippen LogP contribution >= 0.6 is 0 Å². The van der Waals surface area contributed by atoms with E-state index in [0.29, 0.717) is 19.2 Å². The zero-order valence-corrected chi connectivity index (χ0v) is 8.34. The van der Waals surface area contributed by atoms with Crippen molar-refractivity contribution in [1.29, 1.82) is 0 Å². The Bertz CT molecular complexity index is 155. The summed E-state index contributed by atoms with van der Waals surface area (Å²) < 4.78 is 5.02. The lowest BCUT2D eigenvalue weighted by Gasteiger charge is -2.04. The molecule has 76 valence electrons. The largest absolute Gasteiger partial charge is 0.465 e. The summed E-state index contributed by atoms with van der Waals surface area (Å²) in [4.78, 5) is 11.1. The summed E-state index contributed by atoms with van der Waals surface area (Å²) in [5, 5.41) is 3.12. The topological polar surface area (TPSA) is 38.3 Å². The van der Waals surface area contributed by atoms with Gasteiger partial charge in [-0.15, -0.1) is 0 Å². The Morgan fingerprint density at radius 2 is 2.23 bits per heavy atom. The van der Waals surface area contributed by atoms with Crippen LogP contribution in [0.5, 0.6) is 0 Å². The second kappa shape index (κ2) is 5.97. The van der Waals surface area contributed by atoms with Gasteiger partial charge in [0.25, 0.3) is 0 Å². The molecule has 0 aromatic heterocycles. The summed E-state index contributed by atoms with van der Waals surface area (Å²) >= 11 is 0. The molecular weight excluding hydrogens is 166 g/mol. The van der Waals surface area contributed by atoms with Crippen LogP contribution in [0.15, 0.2) is 0 Å². The summed E-state index contributed by atoms with van der Waals surface area (Å²) in [6.45, 7) is 3.10. The van der Waals surface area contributed by atoms with Crippen molar-refractivity contribution in [2.75, 3.05) is 13.2 Å². The van der Waals surface area contributed by atoms with Gasteiger partial charge < -0.3 is 10.1 Å². The Morgan fingerprint density at radius 3 is 2.85 bits per heavy atom. The highest BCUT2D eigenvalue weighted by Crippen LogP contribution is 2.17. The van der Waals surface area contributed by atoms with Crippen molar-refractivity contribution < 1.29 is 9.53 Å². The van der Waals surface area contributed by atoms with Gasteiger partial charge in [0.1, 0.15) is 0 Å². The predicted molar refractivity (Wildman–Crippen MR) is 51.5 cm³/mol. The van der Waals surface area contributed by atoms with E-state index >= 15 is 0 Å². The van der Waals surface area contributed by atoms with Crippen LogP contribution in [-0.2, 0) is 9.53 Å². The van der Waals surface area contributed by atoms with Crippen molar-refractivity contribution in [2.24, 2.45) is 0 Å². The number of unbranched alkanes of at least 4 members (excludes halogenated alkanes) is 2. The standard InChI is InChI=1S/C10H19NO2/c1-2-3-4-7-13-10(12)8-11-9-5-6-9/h9,11H,2-8H2,1H3. The molecule has 0 amide bonds. The number of nitrogens with one attached hydrogen (secondary N) is 1. The van der Waals surface area contributed by atoms with E-state index < -0.39 is 0 Å². The quantitative estimate of drug-likeness (QED) is 0.482. The molecule has 1 fully saturated rings. The molecule has 0 atom stereocenters. The number of carbonyl (C=O) groups is 1. The van der Waals surface area contributed by atoms with Crippen LogP contribution in [0.1, 0.15) is 39.0 Å². The van der Waals surface area contributed by atoms with E-state index in [1.165, 1.54) is 12.8 Å². The van der Waals surface area contributed by atoms with Gasteiger partial charge in [-0.25, -0.2) is 0 Å². The van der Waals surface area contributed by atoms with Crippen LogP contribution in [-0.4, -0.2) is 25.2 Å². The van der Waals surface area contributed by atoms with Crippen molar-refractivity contribution in [3.63, 3.8) is 0 Å². The molecule has 0 aliphatic heterocycles. The van der Waals surface area contributed by atoms with Gasteiger partial charge in [0.15, 0.2) is 0 Å². The SMILES string of the molecule is CCCCCOC(=O)CNC1CC1. The Balaban J connectivity index is 1.84. The van der Waals surface area contributed by atoms with Gasteiger partial charge >= 0.3 is 5.97 Å². The Kier molecular flexibility index (Phi) is 4.83. The zero-order chi connectivity index (χ0) is 9.52. The van der Waals surface area contributed by atoms with E-state index in [4.69, 9.17) is 4.74 Å². The third kappa shape index (κ3) is 5.64. The molecule has 0 spiro atoms. The maximum atomic E-state index is 11.1. The second-order valence-electron chi connectivity index (χ2n) is 3.58. The molecule has 0 unspecified atom stereocenters. The van der Waals surface area contributed by atoms with E-state index in [1.54, 1.807) is 0 Å². The maximum Gasteiger partial charge on any atom is 0.319 e. The van der Waals surface area contributed by atoms with Crippen LogP contribution in [0.3, 0.4) is 0 Å². The summed E-state index contributed by atoms with van der Waals surface area (Å²) in [5.41, 5.74) is 0. The summed E-state index contributed by atoms with van der Waals surface area (Å²) in [6.07, 6.45) is 5.72. The molecule has 1 N–H and O–H groups in total. The van der Waals surface area contributed by atoms with Crippen LogP contribution < -0.4 is 5.32 Å². The normalized spacial score (nSPS) is 15.8. The van der Waals surface area contributed by atoms with Crippen molar-refractivity contribution in [3.8, 4) is 0 Å². The molecule has 0 aromatic carbocycles. The highest BCUT2D eigenvalue weighted by atomic mass is 16.5. The molecule has 0 bridgehead atoms. The molecule has 0 aromatic rings. The van der Waals surface area contributed by atoms with E-state index in [0.717, 1.165) is 19.3 Å². The summed E-state index contributed by atoms with van der Waals surface area (Å²) in [7, 11) is 0. The third-order valence-corrected chi connectivity index (χ3v) is 2.12. The van der Waals surface area contributed by atoms with E-state index in [-0.39, 0.29) is 5.97 Å². The molecule has 1 aliphatic rings. The molecule has 13 heavy (non-hydrogen) atoms. The molecule has 1 saturated carbocycles. The fraction of sp³-hybridized carbons (Fsp3) is 0.900. The highest BCUT2D eigenvalue weighted by molar-refractivity contribution is 5.71. The van der Waals surface area contributed by atoms with Crippen LogP contribution in [0.4, 0.5) is 0 Å². The minimum atomic E-state index is -0.108. The van der Waals surface area contributed by atoms with Gasteiger partial charge in [-0.3, -0.25) is 4.79 Å². The average Bonchev–Trinajstić information content (AvgIpc) is 2.92. The first kappa shape index (κ1) is 10.5. The van der Waals surface area contributed by atoms with Crippen molar-refractivity contribution in [1.82, 2.24) is 5.32 Å². The first-order valence-corrected chi connectivity index (χ1v) is 5.22. The number of carbonyl (C=O) groups excluding carboxylic acids is 1. The Labute approximate surface area is 79.8 Å². The highest BCUT2D eigenvalue weighted by Gasteiger charge is 2.21. The van der Waals surface area contributed by atoms with E-state index in [9.17, 15) is 4.79 Å². The van der Waals surface area contributed by atoms with Gasteiger partial charge in [0, 0.05) is 6.04 Å². The molecule has 3 nitrogen and oxygen atoms in total. The fourth-order valence-electron chi connectivity index (χ4n) is 1.10. The summed E-state index contributed by atoms with van der Waals surface area (Å²) in [6, 6.07) is 0.586. The number of rotatable bonds is 7. The molecule has 3 heteroatoms. The Morgan fingerprint density at radius 1 is 1.46 bits per heavy atom. The molecule has 1 aliphatic carbocycles. The minimum Gasteiger partial charge on any atom is -0.465 e. The smallest absolute Gasteiger partial charge is 0.319 e. The molecule has 0 radical (unpaired) electrons. The molecular formula is C10H19NO2. The molecule has 1 rings (SSSR count). The number of esters is 1. The monoisotopic (exact) mass is 185 g/mol. The minimum absolute atomic E-state index is 0.108. The zero-order valence-electron chi connectivity index (χ0n) is 8.34. The number of hydrogen-bond acceptors (Lipinski definition) is 3. The average molecular weight is 185 g/mol. The van der Waals surface area contributed by atoms with E-state index in [1.807, 2.05) is 0 Å². The second-order valence-corrected chi connectivity index (χ2v) is 3.58. The molecule has 0 saturated heterocycles. The lowest BCUT2D eigenvalue weighted by molar-refractivity contribution is -0.142. The third-order valence-electron chi connectivity index (χ3n) is 2.12. The van der Waals surface area contributed by atoms with Crippen LogP contribution in [0.25, 0.3) is 0 Å². The van der Waals surface area contributed by atoms with Gasteiger partial charge in [-0.2, -0.15) is 0 Å². The lowest BCUT2D eigenvalue weighted by Crippen LogP contribution is -2.26. The van der Waals surface area contributed by atoms with Gasteiger partial charge in [-0.05, 0) is 19.3 Å². The van der Waals surface area contributed by atoms with Crippen molar-refractivity contribution >= 4 is 5.97 Å². The molecule has 0 heterocycles. The van der Waals surface area contributed by atoms with Crippen LogP contribution in [0.2, 0.25) is 0 Å². The van der Waals surface area contributed by atoms with Crippen molar-refractivity contribution in [3.05, 3.63) is 0 Å². The van der Waals surface area contributed by atoms with Crippen molar-refractivity contribution in [2.45, 2.75) is 45.1 Å². The first-order chi connectivity index (χ1) is 6.33. The summed E-state index contributed by atoms with van der Waals surface area (Å²) in [5.74, 6) is -0.108. The number of ether oxygens (including phenoxy) is 1. The number of hydrogen-bond donors (Lipinski definition) is 1. The van der Waals surface area contributed by atoms with E-state index in [2.05, 4.69) is 12.2 Å². The fourth-order valence-corrected chi connectivity index (χ4v) is 1.10. The van der Waals surface area contributed by atoms with Crippen LogP contribution in [0, 0.1) is 0 Å². The van der Waals surface area contributed by atoms with Gasteiger partial charge in [0.2, 0.25) is 0 Å². The van der Waals surface area contributed by atoms with Gasteiger partial charge in [0.05, 0.1) is 13.2 Å². The first-order valence-electron chi connectivity index (χ1n) is 5.22. The Hall–Kier alpha value is -0.570. The maximum absolute atomic E-state index is 11.1.